The Hall–Kier alpha value is -1.59. The molecule has 2 unspecified atom stereocenters. The van der Waals surface area contributed by atoms with Gasteiger partial charge in [-0.1, -0.05) is 30.3 Å². The van der Waals surface area contributed by atoms with Crippen LogP contribution in [-0.2, 0) is 20.8 Å². The molecule has 1 amide bonds. The van der Waals surface area contributed by atoms with Gasteiger partial charge >= 0.3 is 6.09 Å². The Balaban J connectivity index is 1.27. The number of amides is 1. The number of benzene rings is 1. The first-order chi connectivity index (χ1) is 11.7. The first-order valence-electron chi connectivity index (χ1n) is 8.96. The molecule has 1 aliphatic heterocycles. The molecular formula is C19H25NO4. The summed E-state index contributed by atoms with van der Waals surface area (Å²) in [4.78, 5) is 12.1. The minimum absolute atomic E-state index is 0.204. The topological polar surface area (TPSA) is 56.8 Å². The Kier molecular flexibility index (Phi) is 4.46. The van der Waals surface area contributed by atoms with Gasteiger partial charge in [0.05, 0.1) is 13.2 Å². The second-order valence-corrected chi connectivity index (χ2v) is 7.36. The van der Waals surface area contributed by atoms with E-state index in [4.69, 9.17) is 14.2 Å². The largest absolute Gasteiger partial charge is 0.445 e. The lowest BCUT2D eigenvalue weighted by molar-refractivity contribution is -0.204. The molecule has 3 aliphatic rings. The van der Waals surface area contributed by atoms with Gasteiger partial charge < -0.3 is 19.5 Å². The summed E-state index contributed by atoms with van der Waals surface area (Å²) in [5.74, 6) is 0.803. The van der Waals surface area contributed by atoms with E-state index in [1.54, 1.807) is 0 Å². The van der Waals surface area contributed by atoms with Crippen LogP contribution in [0.5, 0.6) is 0 Å². The zero-order valence-electron chi connectivity index (χ0n) is 13.9. The molecule has 1 aromatic carbocycles. The zero-order chi connectivity index (χ0) is 16.4. The number of rotatable bonds is 3. The lowest BCUT2D eigenvalue weighted by atomic mass is 9.68. The van der Waals surface area contributed by atoms with Crippen LogP contribution in [0.4, 0.5) is 4.79 Å². The molecule has 2 atom stereocenters. The molecule has 1 saturated heterocycles. The van der Waals surface area contributed by atoms with Crippen molar-refractivity contribution in [2.75, 3.05) is 13.2 Å². The molecule has 2 aliphatic carbocycles. The smallest absolute Gasteiger partial charge is 0.407 e. The quantitative estimate of drug-likeness (QED) is 0.924. The summed E-state index contributed by atoms with van der Waals surface area (Å²) in [6.07, 6.45) is 4.82. The SMILES string of the molecule is O=C(NC1CC2CC(C1)CC1(C2)OCCO1)OCc1ccccc1. The van der Waals surface area contributed by atoms with E-state index in [-0.39, 0.29) is 17.9 Å². The maximum absolute atomic E-state index is 12.1. The molecule has 5 heteroatoms. The summed E-state index contributed by atoms with van der Waals surface area (Å²) >= 11 is 0. The minimum Gasteiger partial charge on any atom is -0.445 e. The fourth-order valence-electron chi connectivity index (χ4n) is 4.64. The van der Waals surface area contributed by atoms with Crippen LogP contribution in [0.2, 0.25) is 0 Å². The first kappa shape index (κ1) is 15.9. The number of hydrogen-bond acceptors (Lipinski definition) is 4. The molecule has 3 fully saturated rings. The minimum atomic E-state index is -0.327. The van der Waals surface area contributed by atoms with Crippen LogP contribution in [0.3, 0.4) is 0 Å². The highest BCUT2D eigenvalue weighted by Crippen LogP contribution is 2.47. The molecule has 0 radical (unpaired) electrons. The van der Waals surface area contributed by atoms with E-state index in [1.165, 1.54) is 6.42 Å². The normalized spacial score (nSPS) is 30.9. The number of carbonyl (C=O) groups excluding carboxylic acids is 1. The summed E-state index contributed by atoms with van der Waals surface area (Å²) in [6.45, 7) is 1.75. The third kappa shape index (κ3) is 3.57. The van der Waals surface area contributed by atoms with Crippen molar-refractivity contribution in [1.29, 1.82) is 0 Å². The van der Waals surface area contributed by atoms with E-state index in [0.717, 1.165) is 31.2 Å². The van der Waals surface area contributed by atoms with E-state index in [9.17, 15) is 4.79 Å². The van der Waals surface area contributed by atoms with Crippen molar-refractivity contribution in [3.63, 3.8) is 0 Å². The van der Waals surface area contributed by atoms with Gasteiger partial charge in [0.25, 0.3) is 0 Å². The average Bonchev–Trinajstić information content (AvgIpc) is 3.00. The van der Waals surface area contributed by atoms with Crippen LogP contribution in [0.25, 0.3) is 0 Å². The van der Waals surface area contributed by atoms with Gasteiger partial charge in [-0.25, -0.2) is 4.79 Å². The van der Waals surface area contributed by atoms with Crippen LogP contribution in [0.15, 0.2) is 30.3 Å². The molecule has 1 N–H and O–H groups in total. The van der Waals surface area contributed by atoms with E-state index < -0.39 is 0 Å². The number of nitrogens with one attached hydrogen (secondary N) is 1. The molecule has 2 bridgehead atoms. The monoisotopic (exact) mass is 331 g/mol. The summed E-state index contributed by atoms with van der Waals surface area (Å²) in [6, 6.07) is 9.97. The Labute approximate surface area is 142 Å². The predicted octanol–water partition coefficient (Wildman–Crippen LogP) is 3.23. The van der Waals surface area contributed by atoms with Crippen LogP contribution >= 0.6 is 0 Å². The van der Waals surface area contributed by atoms with Gasteiger partial charge in [-0.05, 0) is 36.7 Å². The van der Waals surface area contributed by atoms with E-state index >= 15 is 0 Å². The molecule has 130 valence electrons. The van der Waals surface area contributed by atoms with E-state index in [0.29, 0.717) is 31.7 Å². The number of alkyl carbamates (subject to hydrolysis) is 1. The van der Waals surface area contributed by atoms with Crippen molar-refractivity contribution in [3.8, 4) is 0 Å². The Morgan fingerprint density at radius 3 is 2.42 bits per heavy atom. The highest BCUT2D eigenvalue weighted by molar-refractivity contribution is 5.67. The van der Waals surface area contributed by atoms with Crippen LogP contribution in [0, 0.1) is 11.8 Å². The predicted molar refractivity (Wildman–Crippen MR) is 88.3 cm³/mol. The average molecular weight is 331 g/mol. The van der Waals surface area contributed by atoms with Gasteiger partial charge in [-0.2, -0.15) is 0 Å². The molecule has 2 saturated carbocycles. The molecule has 24 heavy (non-hydrogen) atoms. The second kappa shape index (κ2) is 6.73. The van der Waals surface area contributed by atoms with Gasteiger partial charge in [-0.3, -0.25) is 0 Å². The van der Waals surface area contributed by atoms with E-state index in [2.05, 4.69) is 5.32 Å². The highest BCUT2D eigenvalue weighted by Gasteiger charge is 2.48. The molecule has 1 aromatic rings. The Morgan fingerprint density at radius 2 is 1.75 bits per heavy atom. The molecule has 4 rings (SSSR count). The standard InChI is InChI=1S/C19H25NO4/c21-18(22-13-14-4-2-1-3-5-14)20-17-9-15-8-16(10-17)12-19(11-15)23-6-7-24-19/h1-5,15-17H,6-13H2,(H,20,21). The van der Waals surface area contributed by atoms with Crippen molar-refractivity contribution < 1.29 is 19.0 Å². The molecule has 1 heterocycles. The molecule has 1 spiro atoms. The molecule has 0 aromatic heterocycles. The highest BCUT2D eigenvalue weighted by atomic mass is 16.7. The summed E-state index contributed by atoms with van der Waals surface area (Å²) in [7, 11) is 0. The number of hydrogen-bond donors (Lipinski definition) is 1. The third-order valence-corrected chi connectivity index (χ3v) is 5.45. The van der Waals surface area contributed by atoms with Crippen LogP contribution in [0.1, 0.15) is 37.7 Å². The van der Waals surface area contributed by atoms with Crippen molar-refractivity contribution >= 4 is 6.09 Å². The lowest BCUT2D eigenvalue weighted by Gasteiger charge is -2.46. The van der Waals surface area contributed by atoms with Crippen LogP contribution < -0.4 is 5.32 Å². The first-order valence-corrected chi connectivity index (χ1v) is 8.96. The Morgan fingerprint density at radius 1 is 1.08 bits per heavy atom. The molecule has 5 nitrogen and oxygen atoms in total. The van der Waals surface area contributed by atoms with Gasteiger partial charge in [0, 0.05) is 18.9 Å². The summed E-state index contributed by atoms with van der Waals surface area (Å²) in [5.41, 5.74) is 1.01. The number of fused-ring (bicyclic) bond motifs is 2. The maximum Gasteiger partial charge on any atom is 0.407 e. The second-order valence-electron chi connectivity index (χ2n) is 7.36. The van der Waals surface area contributed by atoms with Gasteiger partial charge in [-0.15, -0.1) is 0 Å². The van der Waals surface area contributed by atoms with Gasteiger partial charge in [0.15, 0.2) is 5.79 Å². The van der Waals surface area contributed by atoms with Crippen LogP contribution in [-0.4, -0.2) is 31.1 Å². The van der Waals surface area contributed by atoms with Crippen molar-refractivity contribution in [1.82, 2.24) is 5.32 Å². The summed E-state index contributed by atoms with van der Waals surface area (Å²) in [5, 5.41) is 3.05. The van der Waals surface area contributed by atoms with Crippen molar-refractivity contribution in [2.24, 2.45) is 11.8 Å². The summed E-state index contributed by atoms with van der Waals surface area (Å²) < 4.78 is 17.1. The number of carbonyl (C=O) groups is 1. The Bertz CT molecular complexity index is 554. The lowest BCUT2D eigenvalue weighted by Crippen LogP contribution is -2.48. The maximum atomic E-state index is 12.1. The fraction of sp³-hybridized carbons (Fsp3) is 0.632. The van der Waals surface area contributed by atoms with Crippen molar-refractivity contribution in [3.05, 3.63) is 35.9 Å². The fourth-order valence-corrected chi connectivity index (χ4v) is 4.64. The zero-order valence-corrected chi connectivity index (χ0v) is 13.9. The van der Waals surface area contributed by atoms with Gasteiger partial charge in [0.2, 0.25) is 0 Å². The van der Waals surface area contributed by atoms with Crippen molar-refractivity contribution in [2.45, 2.75) is 50.5 Å². The third-order valence-electron chi connectivity index (χ3n) is 5.45. The molecular weight excluding hydrogens is 306 g/mol. The van der Waals surface area contributed by atoms with Gasteiger partial charge in [0.1, 0.15) is 6.61 Å². The van der Waals surface area contributed by atoms with E-state index in [1.807, 2.05) is 30.3 Å². The number of ether oxygens (including phenoxy) is 3.